The molecule has 0 saturated carbocycles. The van der Waals surface area contributed by atoms with Crippen molar-refractivity contribution in [2.45, 2.75) is 13.3 Å². The summed E-state index contributed by atoms with van der Waals surface area (Å²) in [7, 11) is 1.45. The van der Waals surface area contributed by atoms with E-state index in [0.29, 0.717) is 11.4 Å². The zero-order chi connectivity index (χ0) is 23.5. The van der Waals surface area contributed by atoms with Gasteiger partial charge in [0, 0.05) is 27.3 Å². The average molecular weight is 466 g/mol. The summed E-state index contributed by atoms with van der Waals surface area (Å²) in [6.45, 7) is 1.93. The van der Waals surface area contributed by atoms with E-state index in [9.17, 15) is 14.0 Å². The van der Waals surface area contributed by atoms with Crippen LogP contribution < -0.4 is 15.4 Å². The Kier molecular flexibility index (Phi) is 6.33. The summed E-state index contributed by atoms with van der Waals surface area (Å²) in [5, 5.41) is 6.66. The first-order valence-electron chi connectivity index (χ1n) is 10.2. The van der Waals surface area contributed by atoms with Crippen molar-refractivity contribution in [3.05, 3.63) is 88.3 Å². The molecule has 33 heavy (non-hydrogen) atoms. The van der Waals surface area contributed by atoms with Crippen LogP contribution in [0.3, 0.4) is 0 Å². The van der Waals surface area contributed by atoms with Gasteiger partial charge in [0.1, 0.15) is 11.6 Å². The molecular formula is C25H21ClFN3O3. The zero-order valence-corrected chi connectivity index (χ0v) is 18.7. The van der Waals surface area contributed by atoms with Gasteiger partial charge < -0.3 is 20.4 Å². The summed E-state index contributed by atoms with van der Waals surface area (Å²) >= 11 is 5.76. The van der Waals surface area contributed by atoms with Gasteiger partial charge in [-0.3, -0.25) is 9.59 Å². The molecule has 3 aromatic carbocycles. The molecule has 0 fully saturated rings. The Morgan fingerprint density at radius 2 is 1.85 bits per heavy atom. The molecule has 1 heterocycles. The smallest absolute Gasteiger partial charge is 0.258 e. The molecule has 4 aromatic rings. The fraction of sp³-hybridized carbons (Fsp3) is 0.120. The van der Waals surface area contributed by atoms with Crippen molar-refractivity contribution in [3.63, 3.8) is 0 Å². The van der Waals surface area contributed by atoms with Crippen LogP contribution in [0.25, 0.3) is 10.9 Å². The first kappa shape index (κ1) is 22.4. The number of H-pyrrole nitrogens is 1. The average Bonchev–Trinajstić information content (AvgIpc) is 3.09. The number of nitrogens with one attached hydrogen (secondary N) is 3. The van der Waals surface area contributed by atoms with Crippen molar-refractivity contribution >= 4 is 45.7 Å². The fourth-order valence-corrected chi connectivity index (χ4v) is 3.83. The molecule has 0 unspecified atom stereocenters. The molecule has 0 radical (unpaired) electrons. The van der Waals surface area contributed by atoms with E-state index in [-0.39, 0.29) is 28.6 Å². The van der Waals surface area contributed by atoms with Gasteiger partial charge in [0.15, 0.2) is 0 Å². The van der Waals surface area contributed by atoms with E-state index in [1.165, 1.54) is 19.2 Å². The Balaban J connectivity index is 1.53. The van der Waals surface area contributed by atoms with Gasteiger partial charge in [-0.2, -0.15) is 0 Å². The largest absolute Gasteiger partial charge is 0.495 e. The van der Waals surface area contributed by atoms with Crippen LogP contribution in [-0.2, 0) is 11.2 Å². The molecule has 168 valence electrons. The van der Waals surface area contributed by atoms with Crippen molar-refractivity contribution in [1.29, 1.82) is 0 Å². The number of anilines is 2. The number of fused-ring (bicyclic) bond motifs is 1. The van der Waals surface area contributed by atoms with E-state index < -0.39 is 11.7 Å². The molecule has 1 aromatic heterocycles. The van der Waals surface area contributed by atoms with Crippen LogP contribution >= 0.6 is 11.6 Å². The maximum atomic E-state index is 14.1. The number of aromatic nitrogens is 1. The van der Waals surface area contributed by atoms with Crippen molar-refractivity contribution in [2.24, 2.45) is 0 Å². The minimum absolute atomic E-state index is 0.161. The van der Waals surface area contributed by atoms with E-state index in [1.54, 1.807) is 18.2 Å². The topological polar surface area (TPSA) is 83.2 Å². The molecule has 0 aliphatic rings. The molecule has 2 amide bonds. The number of methoxy groups -OCH3 is 1. The number of halogens is 2. The summed E-state index contributed by atoms with van der Waals surface area (Å²) in [5.74, 6) is -1.25. The molecule has 0 aliphatic heterocycles. The second-order valence-electron chi connectivity index (χ2n) is 7.49. The minimum atomic E-state index is -0.738. The van der Waals surface area contributed by atoms with Crippen molar-refractivity contribution < 1.29 is 18.7 Å². The maximum absolute atomic E-state index is 14.1. The zero-order valence-electron chi connectivity index (χ0n) is 18.0. The van der Waals surface area contributed by atoms with Gasteiger partial charge in [0.05, 0.1) is 24.8 Å². The first-order valence-corrected chi connectivity index (χ1v) is 10.5. The number of rotatable bonds is 6. The van der Waals surface area contributed by atoms with Gasteiger partial charge in [-0.25, -0.2) is 4.39 Å². The Morgan fingerprint density at radius 3 is 2.61 bits per heavy atom. The Bertz CT molecular complexity index is 1370. The molecule has 0 spiro atoms. The van der Waals surface area contributed by atoms with Crippen LogP contribution in [0.4, 0.5) is 15.8 Å². The van der Waals surface area contributed by atoms with Gasteiger partial charge in [-0.15, -0.1) is 0 Å². The third-order valence-corrected chi connectivity index (χ3v) is 5.51. The maximum Gasteiger partial charge on any atom is 0.258 e. The molecule has 0 aliphatic carbocycles. The number of amides is 2. The van der Waals surface area contributed by atoms with Crippen molar-refractivity contribution in [2.75, 3.05) is 17.7 Å². The summed E-state index contributed by atoms with van der Waals surface area (Å²) in [5.41, 5.74) is 3.41. The fourth-order valence-electron chi connectivity index (χ4n) is 3.67. The highest BCUT2D eigenvalue weighted by molar-refractivity contribution is 6.30. The van der Waals surface area contributed by atoms with E-state index in [4.69, 9.17) is 16.3 Å². The molecule has 6 nitrogen and oxygen atoms in total. The molecule has 8 heteroatoms. The van der Waals surface area contributed by atoms with Crippen LogP contribution in [0.1, 0.15) is 21.6 Å². The lowest BCUT2D eigenvalue weighted by Crippen LogP contribution is -2.16. The highest BCUT2D eigenvalue weighted by atomic mass is 35.5. The van der Waals surface area contributed by atoms with E-state index in [1.807, 2.05) is 31.2 Å². The van der Waals surface area contributed by atoms with Gasteiger partial charge in [-0.05, 0) is 55.0 Å². The number of hydrogen-bond acceptors (Lipinski definition) is 3. The predicted octanol–water partition coefficient (Wildman–Crippen LogP) is 5.71. The lowest BCUT2D eigenvalue weighted by atomic mass is 10.1. The molecular weight excluding hydrogens is 445 g/mol. The normalized spacial score (nSPS) is 10.8. The predicted molar refractivity (Wildman–Crippen MR) is 128 cm³/mol. The Morgan fingerprint density at radius 1 is 1.06 bits per heavy atom. The Labute approximate surface area is 194 Å². The van der Waals surface area contributed by atoms with Gasteiger partial charge in [0.25, 0.3) is 5.91 Å². The molecule has 3 N–H and O–H groups in total. The van der Waals surface area contributed by atoms with Gasteiger partial charge in [-0.1, -0.05) is 29.8 Å². The van der Waals surface area contributed by atoms with Crippen molar-refractivity contribution in [1.82, 2.24) is 4.98 Å². The highest BCUT2D eigenvalue weighted by Gasteiger charge is 2.16. The van der Waals surface area contributed by atoms with E-state index >= 15 is 0 Å². The first-order chi connectivity index (χ1) is 15.9. The second-order valence-corrected chi connectivity index (χ2v) is 7.93. The standard InChI is InChI=1S/C25H21ClFN3O3/c1-14-19(17-5-3-4-6-21(17)28-14)13-24(31)29-16-8-10-23(33-2)22(12-16)30-25(32)18-9-7-15(26)11-20(18)27/h3-12,28H,13H2,1-2H3,(H,29,31)(H,30,32). The van der Waals surface area contributed by atoms with Crippen LogP contribution in [-0.4, -0.2) is 23.9 Å². The van der Waals surface area contributed by atoms with Gasteiger partial charge in [0.2, 0.25) is 5.91 Å². The molecule has 0 bridgehead atoms. The lowest BCUT2D eigenvalue weighted by molar-refractivity contribution is -0.115. The molecule has 4 rings (SSSR count). The van der Waals surface area contributed by atoms with Crippen molar-refractivity contribution in [3.8, 4) is 5.75 Å². The van der Waals surface area contributed by atoms with Crippen LogP contribution in [0.2, 0.25) is 5.02 Å². The van der Waals surface area contributed by atoms with E-state index in [0.717, 1.165) is 28.2 Å². The monoisotopic (exact) mass is 465 g/mol. The summed E-state index contributed by atoms with van der Waals surface area (Å²) < 4.78 is 19.4. The number of benzene rings is 3. The summed E-state index contributed by atoms with van der Waals surface area (Å²) in [6.07, 6.45) is 0.180. The number of aryl methyl sites for hydroxylation is 1. The Hall–Kier alpha value is -3.84. The number of ether oxygens (including phenoxy) is 1. The minimum Gasteiger partial charge on any atom is -0.495 e. The summed E-state index contributed by atoms with van der Waals surface area (Å²) in [4.78, 5) is 28.6. The SMILES string of the molecule is COc1ccc(NC(=O)Cc2c(C)[nH]c3ccccc23)cc1NC(=O)c1ccc(Cl)cc1F. The number of carbonyl (C=O) groups is 2. The van der Waals surface area contributed by atoms with E-state index in [2.05, 4.69) is 15.6 Å². The lowest BCUT2D eigenvalue weighted by Gasteiger charge is -2.13. The second kappa shape index (κ2) is 9.34. The molecule has 0 atom stereocenters. The highest BCUT2D eigenvalue weighted by Crippen LogP contribution is 2.29. The van der Waals surface area contributed by atoms with Gasteiger partial charge >= 0.3 is 0 Å². The third kappa shape index (κ3) is 4.83. The van der Waals surface area contributed by atoms with Crippen LogP contribution in [0, 0.1) is 12.7 Å². The van der Waals surface area contributed by atoms with Crippen LogP contribution in [0.15, 0.2) is 60.7 Å². The number of para-hydroxylation sites is 1. The quantitative estimate of drug-likeness (QED) is 0.341. The molecule has 0 saturated heterocycles. The third-order valence-electron chi connectivity index (χ3n) is 5.27. The van der Waals surface area contributed by atoms with Crippen LogP contribution in [0.5, 0.6) is 5.75 Å². The summed E-state index contributed by atoms with van der Waals surface area (Å²) in [6, 6.07) is 16.4. The number of carbonyl (C=O) groups excluding carboxylic acids is 2. The number of hydrogen-bond donors (Lipinski definition) is 3. The number of aromatic amines is 1.